The van der Waals surface area contributed by atoms with Gasteiger partial charge in [0.15, 0.2) is 0 Å². The SMILES string of the molecule is CCCCCC(CCCCCCCCCCCCCCC(C)O)S(=O)(=O)[O-].[K+]. The van der Waals surface area contributed by atoms with E-state index in [1.54, 1.807) is 0 Å². The first-order chi connectivity index (χ1) is 12.9. The Labute approximate surface area is 218 Å². The van der Waals surface area contributed by atoms with E-state index in [0.717, 1.165) is 51.4 Å². The molecule has 0 aliphatic carbocycles. The molecule has 2 atom stereocenters. The zero-order valence-electron chi connectivity index (χ0n) is 19.0. The molecule has 0 heterocycles. The van der Waals surface area contributed by atoms with E-state index in [9.17, 15) is 18.1 Å². The van der Waals surface area contributed by atoms with Gasteiger partial charge in [0.05, 0.1) is 16.2 Å². The predicted molar refractivity (Wildman–Crippen MR) is 114 cm³/mol. The molecule has 0 saturated heterocycles. The van der Waals surface area contributed by atoms with E-state index in [1.807, 2.05) is 6.92 Å². The maximum absolute atomic E-state index is 11.3. The van der Waals surface area contributed by atoms with E-state index >= 15 is 0 Å². The number of aliphatic hydroxyl groups is 1. The van der Waals surface area contributed by atoms with Gasteiger partial charge >= 0.3 is 51.4 Å². The molecule has 0 rings (SSSR count). The fourth-order valence-electron chi connectivity index (χ4n) is 3.63. The smallest absolute Gasteiger partial charge is 0.748 e. The van der Waals surface area contributed by atoms with Crippen molar-refractivity contribution in [2.45, 2.75) is 141 Å². The Morgan fingerprint density at radius 2 is 1.00 bits per heavy atom. The van der Waals surface area contributed by atoms with Gasteiger partial charge in [-0.15, -0.1) is 0 Å². The molecular formula is C22H45KO4S. The second-order valence-corrected chi connectivity index (χ2v) is 9.93. The first-order valence-corrected chi connectivity index (χ1v) is 13.0. The number of hydrogen-bond acceptors (Lipinski definition) is 4. The molecule has 0 amide bonds. The topological polar surface area (TPSA) is 77.4 Å². The standard InChI is InChI=1S/C22H46O4S.K/c1-3-4-15-19-22(27(24,25)26)20-17-14-12-10-8-6-5-7-9-11-13-16-18-21(2)23;/h21-23H,3-20H2,1-2H3,(H,24,25,26);/q;+1/p-1. The Morgan fingerprint density at radius 3 is 1.32 bits per heavy atom. The van der Waals surface area contributed by atoms with Gasteiger partial charge in [0, 0.05) is 5.25 Å². The van der Waals surface area contributed by atoms with Gasteiger partial charge in [-0.05, 0) is 26.2 Å². The van der Waals surface area contributed by atoms with Crippen LogP contribution in [0.1, 0.15) is 129 Å². The van der Waals surface area contributed by atoms with Crippen LogP contribution in [0.5, 0.6) is 0 Å². The fraction of sp³-hybridized carbons (Fsp3) is 1.00. The minimum atomic E-state index is -4.13. The van der Waals surface area contributed by atoms with Crippen LogP contribution in [0.2, 0.25) is 0 Å². The van der Waals surface area contributed by atoms with E-state index in [4.69, 9.17) is 0 Å². The average molecular weight is 445 g/mol. The summed E-state index contributed by atoms with van der Waals surface area (Å²) in [5.41, 5.74) is 0. The summed E-state index contributed by atoms with van der Waals surface area (Å²) in [6.07, 6.45) is 19.2. The molecule has 0 fully saturated rings. The molecule has 0 aliphatic heterocycles. The van der Waals surface area contributed by atoms with E-state index < -0.39 is 15.4 Å². The third kappa shape index (κ3) is 22.2. The summed E-state index contributed by atoms with van der Waals surface area (Å²) >= 11 is 0. The summed E-state index contributed by atoms with van der Waals surface area (Å²) in [5, 5.41) is 8.53. The largest absolute Gasteiger partial charge is 1.00 e. The van der Waals surface area contributed by atoms with E-state index in [-0.39, 0.29) is 57.5 Å². The van der Waals surface area contributed by atoms with Gasteiger partial charge in [-0.3, -0.25) is 0 Å². The van der Waals surface area contributed by atoms with Crippen LogP contribution in [0, 0.1) is 0 Å². The second kappa shape index (κ2) is 21.7. The second-order valence-electron chi connectivity index (χ2n) is 8.28. The Bertz CT molecular complexity index is 413. The molecule has 0 aromatic rings. The van der Waals surface area contributed by atoms with Crippen molar-refractivity contribution in [1.82, 2.24) is 0 Å². The molecule has 0 aromatic carbocycles. The van der Waals surface area contributed by atoms with Crippen LogP contribution in [0.25, 0.3) is 0 Å². The predicted octanol–water partition coefficient (Wildman–Crippen LogP) is 3.33. The number of rotatable bonds is 20. The molecule has 28 heavy (non-hydrogen) atoms. The zero-order valence-corrected chi connectivity index (χ0v) is 22.9. The van der Waals surface area contributed by atoms with Crippen LogP contribution in [-0.2, 0) is 10.1 Å². The zero-order chi connectivity index (χ0) is 20.4. The van der Waals surface area contributed by atoms with E-state index in [2.05, 4.69) is 6.92 Å². The van der Waals surface area contributed by atoms with Crippen LogP contribution in [-0.4, -0.2) is 29.4 Å². The summed E-state index contributed by atoms with van der Waals surface area (Å²) in [6.45, 7) is 3.94. The summed E-state index contributed by atoms with van der Waals surface area (Å²) in [6, 6.07) is 0. The van der Waals surface area contributed by atoms with Gasteiger partial charge in [0.1, 0.15) is 0 Å². The Kier molecular flexibility index (Phi) is 24.6. The summed E-state index contributed by atoms with van der Waals surface area (Å²) < 4.78 is 34.0. The normalized spacial score (nSPS) is 13.9. The third-order valence-corrected chi connectivity index (χ3v) is 6.72. The molecule has 1 N–H and O–H groups in total. The Hall–Kier alpha value is 1.51. The Balaban J connectivity index is 0. The number of hydrogen-bond donors (Lipinski definition) is 1. The first kappa shape index (κ1) is 31.7. The van der Waals surface area contributed by atoms with Crippen LogP contribution >= 0.6 is 0 Å². The van der Waals surface area contributed by atoms with Crippen LogP contribution in [0.4, 0.5) is 0 Å². The number of unbranched alkanes of at least 4 members (excludes halogenated alkanes) is 13. The molecular weight excluding hydrogens is 399 g/mol. The van der Waals surface area contributed by atoms with Crippen molar-refractivity contribution >= 4 is 10.1 Å². The minimum absolute atomic E-state index is 0. The van der Waals surface area contributed by atoms with Gasteiger partial charge in [0.2, 0.25) is 0 Å². The molecule has 0 aliphatic rings. The van der Waals surface area contributed by atoms with E-state index in [1.165, 1.54) is 51.4 Å². The van der Waals surface area contributed by atoms with Crippen LogP contribution in [0.15, 0.2) is 0 Å². The van der Waals surface area contributed by atoms with Crippen molar-refractivity contribution in [1.29, 1.82) is 0 Å². The van der Waals surface area contributed by atoms with Crippen molar-refractivity contribution in [3.8, 4) is 0 Å². The minimum Gasteiger partial charge on any atom is -0.748 e. The molecule has 0 aromatic heterocycles. The molecule has 4 nitrogen and oxygen atoms in total. The molecule has 6 heteroatoms. The van der Waals surface area contributed by atoms with Crippen molar-refractivity contribution in [3.05, 3.63) is 0 Å². The van der Waals surface area contributed by atoms with Gasteiger partial charge < -0.3 is 9.66 Å². The summed E-state index contributed by atoms with van der Waals surface area (Å²) in [7, 11) is -4.13. The van der Waals surface area contributed by atoms with Gasteiger partial charge in [-0.2, -0.15) is 0 Å². The molecule has 0 spiro atoms. The quantitative estimate of drug-likeness (QED) is 0.177. The summed E-state index contributed by atoms with van der Waals surface area (Å²) in [4.78, 5) is 0. The Morgan fingerprint density at radius 1 is 0.679 bits per heavy atom. The number of aliphatic hydroxyl groups excluding tert-OH is 1. The molecule has 2 unspecified atom stereocenters. The summed E-state index contributed by atoms with van der Waals surface area (Å²) in [5.74, 6) is 0. The monoisotopic (exact) mass is 444 g/mol. The molecule has 0 saturated carbocycles. The maximum atomic E-state index is 11.3. The van der Waals surface area contributed by atoms with Gasteiger partial charge in [-0.25, -0.2) is 8.42 Å². The molecule has 0 bridgehead atoms. The average Bonchev–Trinajstić information content (AvgIpc) is 2.59. The van der Waals surface area contributed by atoms with Crippen LogP contribution in [0.3, 0.4) is 0 Å². The third-order valence-electron chi connectivity index (χ3n) is 5.44. The van der Waals surface area contributed by atoms with Gasteiger partial charge in [-0.1, -0.05) is 103 Å². The van der Waals surface area contributed by atoms with Crippen molar-refractivity contribution in [3.63, 3.8) is 0 Å². The van der Waals surface area contributed by atoms with E-state index in [0.29, 0.717) is 12.8 Å². The van der Waals surface area contributed by atoms with Gasteiger partial charge in [0.25, 0.3) is 0 Å². The van der Waals surface area contributed by atoms with Crippen molar-refractivity contribution in [2.75, 3.05) is 0 Å². The molecule has 0 radical (unpaired) electrons. The van der Waals surface area contributed by atoms with Crippen LogP contribution < -0.4 is 51.4 Å². The fourth-order valence-corrected chi connectivity index (χ4v) is 4.55. The first-order valence-electron chi connectivity index (χ1n) is 11.5. The maximum Gasteiger partial charge on any atom is 1.00 e. The van der Waals surface area contributed by atoms with Crippen molar-refractivity contribution < 1.29 is 69.5 Å². The van der Waals surface area contributed by atoms with Crippen molar-refractivity contribution in [2.24, 2.45) is 0 Å². The molecule has 164 valence electrons.